The van der Waals surface area contributed by atoms with E-state index in [9.17, 15) is 17.6 Å². The van der Waals surface area contributed by atoms with Gasteiger partial charge in [0.25, 0.3) is 0 Å². The van der Waals surface area contributed by atoms with Gasteiger partial charge in [-0.3, -0.25) is 4.79 Å². The number of benzene rings is 2. The maximum absolute atomic E-state index is 13.5. The quantitative estimate of drug-likeness (QED) is 0.573. The van der Waals surface area contributed by atoms with E-state index in [-0.39, 0.29) is 23.2 Å². The molecule has 2 atom stereocenters. The molecule has 1 saturated heterocycles. The third-order valence-corrected chi connectivity index (χ3v) is 7.94. The molecule has 1 aliphatic heterocycles. The number of nitrogens with zero attached hydrogens (tertiary/aromatic N) is 3. The average molecular weight is 491 g/mol. The topological polar surface area (TPSA) is 84.3 Å². The lowest BCUT2D eigenvalue weighted by Crippen LogP contribution is -2.46. The van der Waals surface area contributed by atoms with Crippen molar-refractivity contribution < 1.29 is 17.6 Å². The van der Waals surface area contributed by atoms with Crippen LogP contribution in [0.3, 0.4) is 0 Å². The van der Waals surface area contributed by atoms with E-state index >= 15 is 0 Å². The van der Waals surface area contributed by atoms with Crippen LogP contribution in [0.25, 0.3) is 0 Å². The number of amides is 1. The molecule has 0 bridgehead atoms. The van der Waals surface area contributed by atoms with Crippen molar-refractivity contribution in [2.24, 2.45) is 13.0 Å². The number of imidazole rings is 1. The highest BCUT2D eigenvalue weighted by molar-refractivity contribution is 7.89. The highest BCUT2D eigenvalue weighted by Crippen LogP contribution is 2.27. The minimum absolute atomic E-state index is 0.0769. The summed E-state index contributed by atoms with van der Waals surface area (Å²) in [6.07, 6.45) is 4.52. The number of halogens is 2. The summed E-state index contributed by atoms with van der Waals surface area (Å²) in [4.78, 5) is 17.7. The first-order valence-electron chi connectivity index (χ1n) is 10.5. The van der Waals surface area contributed by atoms with Crippen LogP contribution in [0.1, 0.15) is 30.3 Å². The molecule has 0 spiro atoms. The summed E-state index contributed by atoms with van der Waals surface area (Å²) in [6.45, 7) is 0.420. The number of nitrogens with one attached hydrogen (secondary N) is 1. The van der Waals surface area contributed by atoms with Gasteiger partial charge in [-0.05, 0) is 54.8 Å². The van der Waals surface area contributed by atoms with Gasteiger partial charge in [-0.15, -0.1) is 0 Å². The van der Waals surface area contributed by atoms with E-state index < -0.39 is 22.0 Å². The minimum Gasteiger partial charge on any atom is -0.342 e. The first-order valence-corrected chi connectivity index (χ1v) is 12.4. The average Bonchev–Trinajstić information content (AvgIpc) is 3.24. The van der Waals surface area contributed by atoms with Gasteiger partial charge in [0, 0.05) is 37.6 Å². The number of carbonyl (C=O) groups excluding carboxylic acids is 1. The molecule has 4 rings (SSSR count). The minimum atomic E-state index is -3.74. The normalized spacial score (nSPS) is 18.1. The van der Waals surface area contributed by atoms with Gasteiger partial charge < -0.3 is 9.88 Å². The monoisotopic (exact) mass is 490 g/mol. The van der Waals surface area contributed by atoms with Gasteiger partial charge in [0.05, 0.1) is 10.8 Å². The van der Waals surface area contributed by atoms with Crippen molar-refractivity contribution in [1.82, 2.24) is 19.2 Å². The highest BCUT2D eigenvalue weighted by atomic mass is 35.5. The van der Waals surface area contributed by atoms with E-state index in [1.54, 1.807) is 29.1 Å². The molecule has 0 aliphatic carbocycles. The summed E-state index contributed by atoms with van der Waals surface area (Å²) >= 11 is 5.88. The van der Waals surface area contributed by atoms with Gasteiger partial charge in [-0.1, -0.05) is 23.7 Å². The second-order valence-electron chi connectivity index (χ2n) is 8.05. The van der Waals surface area contributed by atoms with Crippen LogP contribution in [0.2, 0.25) is 5.02 Å². The van der Waals surface area contributed by atoms with Crippen molar-refractivity contribution >= 4 is 27.5 Å². The molecular weight excluding hydrogens is 467 g/mol. The maximum Gasteiger partial charge on any atom is 0.243 e. The van der Waals surface area contributed by atoms with Crippen molar-refractivity contribution in [2.45, 2.75) is 23.8 Å². The van der Waals surface area contributed by atoms with Crippen molar-refractivity contribution in [3.63, 3.8) is 0 Å². The van der Waals surface area contributed by atoms with Crippen molar-refractivity contribution in [3.05, 3.63) is 83.2 Å². The van der Waals surface area contributed by atoms with Gasteiger partial charge >= 0.3 is 0 Å². The molecule has 0 radical (unpaired) electrons. The van der Waals surface area contributed by atoms with Crippen LogP contribution in [0.4, 0.5) is 4.39 Å². The van der Waals surface area contributed by atoms with Crippen molar-refractivity contribution in [3.8, 4) is 0 Å². The van der Waals surface area contributed by atoms with Crippen LogP contribution in [0, 0.1) is 11.7 Å². The number of aryl methyl sites for hydroxylation is 1. The van der Waals surface area contributed by atoms with Gasteiger partial charge in [0.2, 0.25) is 15.9 Å². The highest BCUT2D eigenvalue weighted by Gasteiger charge is 2.34. The smallest absolute Gasteiger partial charge is 0.243 e. The summed E-state index contributed by atoms with van der Waals surface area (Å²) in [5.74, 6) is -0.581. The standard InChI is InChI=1S/C23H24ClFN4O3S/c1-28-14-12-26-22(28)21(16-4-8-19(25)9-5-16)27-23(30)17-3-2-13-29(15-17)33(31,32)20-10-6-18(24)7-11-20/h4-12,14,17,21H,2-3,13,15H2,1H3,(H,27,30). The summed E-state index contributed by atoms with van der Waals surface area (Å²) in [6, 6.07) is 11.3. The summed E-state index contributed by atoms with van der Waals surface area (Å²) in [7, 11) is -1.93. The Morgan fingerprint density at radius 2 is 1.88 bits per heavy atom. The molecule has 3 aromatic rings. The van der Waals surface area contributed by atoms with Crippen molar-refractivity contribution in [2.75, 3.05) is 13.1 Å². The Hall–Kier alpha value is -2.75. The van der Waals surface area contributed by atoms with E-state index in [1.807, 2.05) is 7.05 Å². The lowest BCUT2D eigenvalue weighted by atomic mass is 9.97. The summed E-state index contributed by atoms with van der Waals surface area (Å²) in [5, 5.41) is 3.45. The molecule has 1 aromatic heterocycles. The zero-order valence-electron chi connectivity index (χ0n) is 18.0. The SMILES string of the molecule is Cn1ccnc1C(NC(=O)C1CCCN(S(=O)(=O)c2ccc(Cl)cc2)C1)c1ccc(F)cc1. The van der Waals surface area contributed by atoms with Crippen LogP contribution in [0.15, 0.2) is 65.8 Å². The fourth-order valence-corrected chi connectivity index (χ4v) is 5.65. The van der Waals surface area contributed by atoms with Crippen LogP contribution in [-0.2, 0) is 21.9 Å². The third kappa shape index (κ3) is 5.10. The molecule has 174 valence electrons. The first kappa shape index (κ1) is 23.4. The molecule has 2 aromatic carbocycles. The Morgan fingerprint density at radius 1 is 1.18 bits per heavy atom. The lowest BCUT2D eigenvalue weighted by molar-refractivity contribution is -0.126. The molecule has 2 unspecified atom stereocenters. The number of aromatic nitrogens is 2. The van der Waals surface area contributed by atoms with E-state index in [0.29, 0.717) is 35.8 Å². The molecule has 1 fully saturated rings. The largest absolute Gasteiger partial charge is 0.342 e. The molecular formula is C23H24ClFN4O3S. The number of hydrogen-bond acceptors (Lipinski definition) is 4. The number of sulfonamides is 1. The van der Waals surface area contributed by atoms with Gasteiger partial charge in [0.1, 0.15) is 17.7 Å². The lowest BCUT2D eigenvalue weighted by Gasteiger charge is -2.32. The molecule has 2 heterocycles. The van der Waals surface area contributed by atoms with Crippen LogP contribution in [-0.4, -0.2) is 41.3 Å². The van der Waals surface area contributed by atoms with E-state index in [4.69, 9.17) is 11.6 Å². The van der Waals surface area contributed by atoms with Crippen LogP contribution in [0.5, 0.6) is 0 Å². The summed E-state index contributed by atoms with van der Waals surface area (Å²) < 4.78 is 42.7. The zero-order valence-corrected chi connectivity index (χ0v) is 19.6. The number of rotatable bonds is 6. The fourth-order valence-electron chi connectivity index (χ4n) is 4.00. The van der Waals surface area contributed by atoms with Gasteiger partial charge in [-0.2, -0.15) is 4.31 Å². The van der Waals surface area contributed by atoms with E-state index in [0.717, 1.165) is 0 Å². The molecule has 0 saturated carbocycles. The zero-order chi connectivity index (χ0) is 23.6. The Morgan fingerprint density at radius 3 is 2.52 bits per heavy atom. The molecule has 1 N–H and O–H groups in total. The number of hydrogen-bond donors (Lipinski definition) is 1. The molecule has 10 heteroatoms. The molecule has 1 amide bonds. The van der Waals surface area contributed by atoms with Crippen molar-refractivity contribution in [1.29, 1.82) is 0 Å². The van der Waals surface area contributed by atoms with E-state index in [2.05, 4.69) is 10.3 Å². The maximum atomic E-state index is 13.5. The van der Waals surface area contributed by atoms with Crippen LogP contribution < -0.4 is 5.32 Å². The van der Waals surface area contributed by atoms with Gasteiger partial charge in [0.15, 0.2) is 0 Å². The number of piperidine rings is 1. The molecule has 33 heavy (non-hydrogen) atoms. The predicted molar refractivity (Wildman–Crippen MR) is 123 cm³/mol. The Kier molecular flexibility index (Phi) is 6.83. The second-order valence-corrected chi connectivity index (χ2v) is 10.4. The third-order valence-electron chi connectivity index (χ3n) is 5.81. The fraction of sp³-hybridized carbons (Fsp3) is 0.304. The second kappa shape index (κ2) is 9.62. The number of carbonyl (C=O) groups is 1. The van der Waals surface area contributed by atoms with Gasteiger partial charge in [-0.25, -0.2) is 17.8 Å². The Balaban J connectivity index is 1.54. The predicted octanol–water partition coefficient (Wildman–Crippen LogP) is 3.52. The first-order chi connectivity index (χ1) is 15.8. The molecule has 1 aliphatic rings. The Bertz CT molecular complexity index is 1230. The Labute approximate surface area is 197 Å². The van der Waals surface area contributed by atoms with E-state index in [1.165, 1.54) is 40.7 Å². The summed E-state index contributed by atoms with van der Waals surface area (Å²) in [5.41, 5.74) is 0.681. The molecule has 7 nitrogen and oxygen atoms in total. The van der Waals surface area contributed by atoms with Crippen LogP contribution >= 0.6 is 11.6 Å².